The van der Waals surface area contributed by atoms with Crippen molar-refractivity contribution < 1.29 is 29.6 Å². The summed E-state index contributed by atoms with van der Waals surface area (Å²) in [7, 11) is 1.51. The normalized spacial score (nSPS) is 11.0. The van der Waals surface area contributed by atoms with Gasteiger partial charge in [0.15, 0.2) is 0 Å². The molecule has 0 atom stereocenters. The lowest BCUT2D eigenvalue weighted by Crippen LogP contribution is -2.39. The molecular formula is C21H26N2O6. The first-order valence-corrected chi connectivity index (χ1v) is 9.15. The van der Waals surface area contributed by atoms with E-state index in [1.165, 1.54) is 13.2 Å². The third kappa shape index (κ3) is 7.81. The third-order valence-electron chi connectivity index (χ3n) is 4.38. The molecule has 0 saturated heterocycles. The molecule has 0 aliphatic rings. The van der Waals surface area contributed by atoms with Crippen molar-refractivity contribution in [3.63, 3.8) is 0 Å². The molecule has 0 bridgehead atoms. The van der Waals surface area contributed by atoms with Gasteiger partial charge in [0.2, 0.25) is 0 Å². The second kappa shape index (κ2) is 11.0. The predicted octanol–water partition coefficient (Wildman–Crippen LogP) is 1.87. The van der Waals surface area contributed by atoms with Crippen LogP contribution in [0.5, 0.6) is 11.5 Å². The predicted molar refractivity (Wildman–Crippen MR) is 107 cm³/mol. The number of aliphatic carboxylic acids is 2. The maximum Gasteiger partial charge on any atom is 0.317 e. The smallest absolute Gasteiger partial charge is 0.317 e. The number of hydrogen-bond acceptors (Lipinski definition) is 6. The van der Waals surface area contributed by atoms with Gasteiger partial charge in [0.25, 0.3) is 0 Å². The second-order valence-corrected chi connectivity index (χ2v) is 6.69. The van der Waals surface area contributed by atoms with Crippen LogP contribution < -0.4 is 4.74 Å². The van der Waals surface area contributed by atoms with E-state index in [4.69, 9.17) is 4.74 Å². The van der Waals surface area contributed by atoms with Crippen LogP contribution in [0.25, 0.3) is 0 Å². The van der Waals surface area contributed by atoms with Crippen LogP contribution in [0.3, 0.4) is 0 Å². The number of phenols is 1. The molecule has 3 N–H and O–H groups in total. The molecule has 29 heavy (non-hydrogen) atoms. The van der Waals surface area contributed by atoms with Gasteiger partial charge >= 0.3 is 11.9 Å². The summed E-state index contributed by atoms with van der Waals surface area (Å²) in [6.45, 7) is 0.936. The van der Waals surface area contributed by atoms with Crippen molar-refractivity contribution in [3.05, 3.63) is 59.7 Å². The van der Waals surface area contributed by atoms with E-state index in [-0.39, 0.29) is 25.4 Å². The van der Waals surface area contributed by atoms with Gasteiger partial charge in [0.1, 0.15) is 11.5 Å². The first kappa shape index (κ1) is 22.2. The number of carbonyl (C=O) groups is 2. The first-order valence-electron chi connectivity index (χ1n) is 9.15. The fourth-order valence-electron chi connectivity index (χ4n) is 2.99. The van der Waals surface area contributed by atoms with E-state index in [2.05, 4.69) is 0 Å². The summed E-state index contributed by atoms with van der Waals surface area (Å²) in [6.07, 6.45) is 0. The van der Waals surface area contributed by atoms with E-state index < -0.39 is 11.9 Å². The van der Waals surface area contributed by atoms with Gasteiger partial charge in [-0.05, 0) is 23.8 Å². The lowest BCUT2D eigenvalue weighted by Gasteiger charge is -2.26. The van der Waals surface area contributed by atoms with Gasteiger partial charge in [-0.15, -0.1) is 0 Å². The van der Waals surface area contributed by atoms with Crippen LogP contribution in [-0.2, 0) is 22.7 Å². The lowest BCUT2D eigenvalue weighted by molar-refractivity contribution is -0.140. The van der Waals surface area contributed by atoms with Crippen LogP contribution in [0.1, 0.15) is 11.1 Å². The first-order chi connectivity index (χ1) is 13.9. The molecule has 0 aliphatic heterocycles. The Morgan fingerprint density at radius 1 is 0.897 bits per heavy atom. The summed E-state index contributed by atoms with van der Waals surface area (Å²) < 4.78 is 5.16. The standard InChI is InChI=1S/C21H26N2O6/c1-29-18-7-8-19(24)17(11-18)13-23(15-21(27)28)10-9-22(14-20(25)26)12-16-5-3-2-4-6-16/h2-8,11,24H,9-10,12-15H2,1H3,(H,25,26)(H,27,28). The number of hydrogen-bond donors (Lipinski definition) is 3. The molecule has 0 heterocycles. The number of rotatable bonds is 12. The Bertz CT molecular complexity index is 812. The average molecular weight is 402 g/mol. The van der Waals surface area contributed by atoms with Gasteiger partial charge in [-0.25, -0.2) is 0 Å². The quantitative estimate of drug-likeness (QED) is 0.494. The highest BCUT2D eigenvalue weighted by atomic mass is 16.5. The number of carboxylic acids is 2. The van der Waals surface area contributed by atoms with Crippen LogP contribution in [0.15, 0.2) is 48.5 Å². The molecule has 0 fully saturated rings. The van der Waals surface area contributed by atoms with Gasteiger partial charge in [-0.2, -0.15) is 0 Å². The molecule has 8 heteroatoms. The molecule has 0 saturated carbocycles. The highest BCUT2D eigenvalue weighted by Crippen LogP contribution is 2.24. The van der Waals surface area contributed by atoms with E-state index in [0.29, 0.717) is 30.9 Å². The Hall–Kier alpha value is -3.10. The largest absolute Gasteiger partial charge is 0.508 e. The zero-order valence-corrected chi connectivity index (χ0v) is 16.3. The fourth-order valence-corrected chi connectivity index (χ4v) is 2.99. The van der Waals surface area contributed by atoms with Crippen LogP contribution in [-0.4, -0.2) is 70.3 Å². The highest BCUT2D eigenvalue weighted by molar-refractivity contribution is 5.69. The van der Waals surface area contributed by atoms with Crippen LogP contribution in [0.2, 0.25) is 0 Å². The second-order valence-electron chi connectivity index (χ2n) is 6.69. The molecule has 2 rings (SSSR count). The van der Waals surface area contributed by atoms with Crippen molar-refractivity contribution in [2.24, 2.45) is 0 Å². The molecule has 2 aromatic rings. The van der Waals surface area contributed by atoms with E-state index in [9.17, 15) is 24.9 Å². The minimum atomic E-state index is -1.000. The minimum absolute atomic E-state index is 0.0490. The molecule has 0 radical (unpaired) electrons. The van der Waals surface area contributed by atoms with Crippen molar-refractivity contribution in [2.75, 3.05) is 33.3 Å². The van der Waals surface area contributed by atoms with Crippen molar-refractivity contribution in [3.8, 4) is 11.5 Å². The average Bonchev–Trinajstić information content (AvgIpc) is 2.67. The van der Waals surface area contributed by atoms with Gasteiger partial charge in [-0.3, -0.25) is 19.4 Å². The number of benzene rings is 2. The maximum absolute atomic E-state index is 11.3. The Morgan fingerprint density at radius 2 is 1.48 bits per heavy atom. The van der Waals surface area contributed by atoms with Crippen LogP contribution in [0.4, 0.5) is 0 Å². The fraction of sp³-hybridized carbons (Fsp3) is 0.333. The summed E-state index contributed by atoms with van der Waals surface area (Å²) in [5.41, 5.74) is 1.52. The number of phenolic OH excluding ortho intramolecular Hbond substituents is 1. The summed E-state index contributed by atoms with van der Waals surface area (Å²) in [4.78, 5) is 25.9. The molecule has 0 aromatic heterocycles. The van der Waals surface area contributed by atoms with Gasteiger partial charge < -0.3 is 20.1 Å². The Balaban J connectivity index is 2.08. The van der Waals surface area contributed by atoms with Gasteiger partial charge in [0, 0.05) is 31.7 Å². The Labute approximate surface area is 169 Å². The summed E-state index contributed by atoms with van der Waals surface area (Å²) in [5.74, 6) is -1.34. The summed E-state index contributed by atoms with van der Waals surface area (Å²) >= 11 is 0. The third-order valence-corrected chi connectivity index (χ3v) is 4.38. The van der Waals surface area contributed by atoms with E-state index in [1.807, 2.05) is 30.3 Å². The highest BCUT2D eigenvalue weighted by Gasteiger charge is 2.17. The van der Waals surface area contributed by atoms with E-state index in [1.54, 1.807) is 21.9 Å². The van der Waals surface area contributed by atoms with Crippen molar-refractivity contribution in [2.45, 2.75) is 13.1 Å². The molecular weight excluding hydrogens is 376 g/mol. The van der Waals surface area contributed by atoms with Crippen molar-refractivity contribution in [1.29, 1.82) is 0 Å². The SMILES string of the molecule is COc1ccc(O)c(CN(CCN(CC(=O)O)Cc2ccccc2)CC(=O)O)c1. The number of aromatic hydroxyl groups is 1. The summed E-state index contributed by atoms with van der Waals surface area (Å²) in [6, 6.07) is 14.3. The molecule has 0 aliphatic carbocycles. The zero-order valence-electron chi connectivity index (χ0n) is 16.3. The number of carboxylic acid groups (broad SMARTS) is 2. The molecule has 156 valence electrons. The van der Waals surface area contributed by atoms with Crippen LogP contribution in [0, 0.1) is 0 Å². The molecule has 2 aromatic carbocycles. The Kier molecular flexibility index (Phi) is 8.45. The van der Waals surface area contributed by atoms with Crippen LogP contribution >= 0.6 is 0 Å². The minimum Gasteiger partial charge on any atom is -0.508 e. The van der Waals surface area contributed by atoms with Gasteiger partial charge in [0.05, 0.1) is 20.2 Å². The monoisotopic (exact) mass is 402 g/mol. The lowest BCUT2D eigenvalue weighted by atomic mass is 10.1. The summed E-state index contributed by atoms with van der Waals surface area (Å²) in [5, 5.41) is 28.5. The molecule has 0 spiro atoms. The Morgan fingerprint density at radius 3 is 2.03 bits per heavy atom. The zero-order chi connectivity index (χ0) is 21.2. The van der Waals surface area contributed by atoms with E-state index in [0.717, 1.165) is 5.56 Å². The molecule has 0 unspecified atom stereocenters. The molecule has 0 amide bonds. The van der Waals surface area contributed by atoms with Crippen molar-refractivity contribution >= 4 is 11.9 Å². The van der Waals surface area contributed by atoms with Gasteiger partial charge in [-0.1, -0.05) is 30.3 Å². The number of nitrogens with zero attached hydrogens (tertiary/aromatic N) is 2. The number of methoxy groups -OCH3 is 1. The number of ether oxygens (including phenoxy) is 1. The maximum atomic E-state index is 11.3. The molecule has 8 nitrogen and oxygen atoms in total. The van der Waals surface area contributed by atoms with Crippen molar-refractivity contribution in [1.82, 2.24) is 9.80 Å². The topological polar surface area (TPSA) is 111 Å². The van der Waals surface area contributed by atoms with E-state index >= 15 is 0 Å².